The predicted octanol–water partition coefficient (Wildman–Crippen LogP) is 1.78. The van der Waals surface area contributed by atoms with E-state index in [4.69, 9.17) is 4.74 Å². The first-order valence-corrected chi connectivity index (χ1v) is 11.2. The van der Waals surface area contributed by atoms with Gasteiger partial charge in [0.15, 0.2) is 0 Å². The number of aromatic nitrogens is 1. The van der Waals surface area contributed by atoms with Gasteiger partial charge in [0.1, 0.15) is 5.82 Å². The van der Waals surface area contributed by atoms with Crippen LogP contribution >= 0.6 is 0 Å². The van der Waals surface area contributed by atoms with E-state index in [-0.39, 0.29) is 18.0 Å². The average Bonchev–Trinajstić information content (AvgIpc) is 2.82. The fourth-order valence-corrected chi connectivity index (χ4v) is 4.58. The van der Waals surface area contributed by atoms with Crippen molar-refractivity contribution in [3.63, 3.8) is 0 Å². The molecule has 0 unspecified atom stereocenters. The first-order chi connectivity index (χ1) is 15.2. The van der Waals surface area contributed by atoms with Crippen LogP contribution in [0.15, 0.2) is 54.7 Å². The van der Waals surface area contributed by atoms with E-state index in [0.29, 0.717) is 6.54 Å². The monoisotopic (exact) mass is 423 g/mol. The normalized spacial score (nSPS) is 20.2. The largest absolute Gasteiger partial charge is 0.379 e. The lowest BCUT2D eigenvalue weighted by atomic mass is 9.98. The zero-order valence-corrected chi connectivity index (χ0v) is 18.3. The number of ether oxygens (including phenoxy) is 1. The number of carbonyl (C=O) groups excluding carboxylic acids is 1. The van der Waals surface area contributed by atoms with Gasteiger partial charge in [-0.15, -0.1) is 0 Å². The summed E-state index contributed by atoms with van der Waals surface area (Å²) in [6.07, 6.45) is 1.83. The molecule has 7 nitrogen and oxygen atoms in total. The summed E-state index contributed by atoms with van der Waals surface area (Å²) < 4.78 is 5.54. The molecule has 2 saturated heterocycles. The molecule has 1 aromatic carbocycles. The molecule has 2 aliphatic rings. The first-order valence-electron chi connectivity index (χ1n) is 11.2. The van der Waals surface area contributed by atoms with Crippen LogP contribution in [0.25, 0.3) is 0 Å². The topological polar surface area (TPSA) is 60.9 Å². The maximum absolute atomic E-state index is 12.9. The van der Waals surface area contributed by atoms with Crippen molar-refractivity contribution in [3.8, 4) is 0 Å². The van der Waals surface area contributed by atoms with Gasteiger partial charge in [-0.05, 0) is 24.6 Å². The van der Waals surface area contributed by atoms with E-state index in [1.165, 1.54) is 5.56 Å². The second-order valence-corrected chi connectivity index (χ2v) is 8.31. The van der Waals surface area contributed by atoms with E-state index in [2.05, 4.69) is 56.2 Å². The molecule has 2 atom stereocenters. The van der Waals surface area contributed by atoms with Crippen LogP contribution in [-0.4, -0.2) is 85.8 Å². The first kappa shape index (κ1) is 21.7. The molecule has 1 aromatic heterocycles. The molecule has 2 aromatic rings. The molecule has 3 heterocycles. The Kier molecular flexibility index (Phi) is 7.51. The molecular weight excluding hydrogens is 390 g/mol. The number of hydrogen-bond acceptors (Lipinski definition) is 6. The Bertz CT molecular complexity index is 805. The highest BCUT2D eigenvalue weighted by Crippen LogP contribution is 2.25. The number of pyridine rings is 1. The number of piperazine rings is 1. The lowest BCUT2D eigenvalue weighted by Crippen LogP contribution is -2.52. The fraction of sp³-hybridized carbons (Fsp3) is 0.500. The molecule has 2 fully saturated rings. The van der Waals surface area contributed by atoms with E-state index in [1.807, 2.05) is 30.5 Å². The number of nitrogens with one attached hydrogen (secondary N) is 1. The molecule has 1 amide bonds. The maximum atomic E-state index is 12.9. The van der Waals surface area contributed by atoms with E-state index in [9.17, 15) is 4.79 Å². The third-order valence-electron chi connectivity index (χ3n) is 6.16. The zero-order chi connectivity index (χ0) is 21.5. The highest BCUT2D eigenvalue weighted by molar-refractivity contribution is 5.78. The Balaban J connectivity index is 1.31. The van der Waals surface area contributed by atoms with E-state index >= 15 is 0 Å². The van der Waals surface area contributed by atoms with E-state index in [1.54, 1.807) is 0 Å². The van der Waals surface area contributed by atoms with Gasteiger partial charge in [-0.25, -0.2) is 4.98 Å². The molecule has 7 heteroatoms. The fourth-order valence-electron chi connectivity index (χ4n) is 4.58. The van der Waals surface area contributed by atoms with Crippen LogP contribution in [0.2, 0.25) is 0 Å². The number of rotatable bonds is 7. The molecule has 166 valence electrons. The number of nitrogens with zero attached hydrogens (tertiary/aromatic N) is 4. The molecule has 0 radical (unpaired) electrons. The number of carbonyl (C=O) groups is 1. The Morgan fingerprint density at radius 1 is 1.00 bits per heavy atom. The Labute approximate surface area is 185 Å². The van der Waals surface area contributed by atoms with Gasteiger partial charge in [0.2, 0.25) is 5.91 Å². The summed E-state index contributed by atoms with van der Waals surface area (Å²) in [5.74, 6) is 1.10. The lowest BCUT2D eigenvalue weighted by Gasteiger charge is -2.39. The van der Waals surface area contributed by atoms with Gasteiger partial charge in [0.25, 0.3) is 0 Å². The van der Waals surface area contributed by atoms with Gasteiger partial charge in [0, 0.05) is 51.5 Å². The van der Waals surface area contributed by atoms with Crippen LogP contribution in [0.4, 0.5) is 5.82 Å². The highest BCUT2D eigenvalue weighted by Gasteiger charge is 2.29. The van der Waals surface area contributed by atoms with Gasteiger partial charge in [-0.2, -0.15) is 0 Å². The molecule has 2 aliphatic heterocycles. The molecule has 0 spiro atoms. The van der Waals surface area contributed by atoms with Crippen molar-refractivity contribution in [2.45, 2.75) is 19.0 Å². The second kappa shape index (κ2) is 10.7. The van der Waals surface area contributed by atoms with Crippen molar-refractivity contribution in [1.82, 2.24) is 20.1 Å². The maximum Gasteiger partial charge on any atom is 0.234 e. The third-order valence-corrected chi connectivity index (χ3v) is 6.16. The summed E-state index contributed by atoms with van der Waals surface area (Å²) >= 11 is 0. The second-order valence-electron chi connectivity index (χ2n) is 8.31. The van der Waals surface area contributed by atoms with Crippen molar-refractivity contribution < 1.29 is 9.53 Å². The van der Waals surface area contributed by atoms with Crippen molar-refractivity contribution in [2.24, 2.45) is 0 Å². The number of morpholine rings is 1. The van der Waals surface area contributed by atoms with Gasteiger partial charge >= 0.3 is 0 Å². The van der Waals surface area contributed by atoms with Gasteiger partial charge in [-0.1, -0.05) is 36.4 Å². The summed E-state index contributed by atoms with van der Waals surface area (Å²) in [6.45, 7) is 9.31. The smallest absolute Gasteiger partial charge is 0.234 e. The molecular formula is C24H33N5O2. The van der Waals surface area contributed by atoms with Crippen molar-refractivity contribution in [3.05, 3.63) is 60.3 Å². The van der Waals surface area contributed by atoms with Crippen LogP contribution < -0.4 is 10.2 Å². The summed E-state index contributed by atoms with van der Waals surface area (Å²) in [5, 5.41) is 3.28. The molecule has 0 bridgehead atoms. The van der Waals surface area contributed by atoms with Crippen LogP contribution in [0.3, 0.4) is 0 Å². The number of amides is 1. The molecule has 31 heavy (non-hydrogen) atoms. The van der Waals surface area contributed by atoms with Gasteiger partial charge in [0.05, 0.1) is 25.8 Å². The highest BCUT2D eigenvalue weighted by atomic mass is 16.5. The van der Waals surface area contributed by atoms with Crippen LogP contribution in [0, 0.1) is 0 Å². The lowest BCUT2D eigenvalue weighted by molar-refractivity contribution is -0.123. The Morgan fingerprint density at radius 3 is 2.39 bits per heavy atom. The van der Waals surface area contributed by atoms with E-state index < -0.39 is 0 Å². The van der Waals surface area contributed by atoms with Crippen molar-refractivity contribution in [1.29, 1.82) is 0 Å². The Morgan fingerprint density at radius 2 is 1.71 bits per heavy atom. The van der Waals surface area contributed by atoms with Gasteiger partial charge < -0.3 is 15.0 Å². The minimum atomic E-state index is 0.0165. The zero-order valence-electron chi connectivity index (χ0n) is 18.3. The molecule has 0 aliphatic carbocycles. The summed E-state index contributed by atoms with van der Waals surface area (Å²) in [4.78, 5) is 24.2. The van der Waals surface area contributed by atoms with Crippen LogP contribution in [-0.2, 0) is 9.53 Å². The number of hydrogen-bond donors (Lipinski definition) is 1. The summed E-state index contributed by atoms with van der Waals surface area (Å²) in [7, 11) is 0. The molecule has 1 N–H and O–H groups in total. The quantitative estimate of drug-likeness (QED) is 0.733. The predicted molar refractivity (Wildman–Crippen MR) is 122 cm³/mol. The molecule has 0 saturated carbocycles. The summed E-state index contributed by atoms with van der Waals surface area (Å²) in [5.41, 5.74) is 1.24. The van der Waals surface area contributed by atoms with Crippen LogP contribution in [0.1, 0.15) is 18.5 Å². The van der Waals surface area contributed by atoms with Crippen molar-refractivity contribution >= 4 is 11.7 Å². The number of benzene rings is 1. The van der Waals surface area contributed by atoms with Crippen molar-refractivity contribution in [2.75, 3.05) is 63.9 Å². The minimum Gasteiger partial charge on any atom is -0.379 e. The SMILES string of the molecule is C[C@@H](NC(=O)CN1CCN(c2ccccn2)CC1)[C@@H](c1ccccc1)N1CCOCC1. The van der Waals surface area contributed by atoms with E-state index in [0.717, 1.165) is 58.3 Å². The van der Waals surface area contributed by atoms with Gasteiger partial charge in [-0.3, -0.25) is 14.6 Å². The Hall–Kier alpha value is -2.48. The standard InChI is InChI=1S/C24H33N5O2/c1-20(24(21-7-3-2-4-8-21)29-15-17-31-18-16-29)26-23(30)19-27-11-13-28(14-12-27)22-9-5-6-10-25-22/h2-10,20,24H,11-19H2,1H3,(H,26,30)/t20-,24+/m1/s1. The third kappa shape index (κ3) is 5.81. The summed E-state index contributed by atoms with van der Waals surface area (Å²) in [6, 6.07) is 16.6. The number of anilines is 1. The van der Waals surface area contributed by atoms with Crippen LogP contribution in [0.5, 0.6) is 0 Å². The molecule has 4 rings (SSSR count). The average molecular weight is 424 g/mol. The minimum absolute atomic E-state index is 0.0165.